The van der Waals surface area contributed by atoms with Crippen LogP contribution in [0.2, 0.25) is 0 Å². The van der Waals surface area contributed by atoms with E-state index in [0.29, 0.717) is 6.42 Å². The second-order valence-corrected chi connectivity index (χ2v) is 5.55. The van der Waals surface area contributed by atoms with E-state index in [-0.39, 0.29) is 11.9 Å². The number of hydrazone groups is 1. The Morgan fingerprint density at radius 2 is 1.91 bits per heavy atom. The first-order chi connectivity index (χ1) is 10.7. The zero-order valence-electron chi connectivity index (χ0n) is 13.4. The molecule has 0 radical (unpaired) electrons. The van der Waals surface area contributed by atoms with Gasteiger partial charge in [0, 0.05) is 11.4 Å². The van der Waals surface area contributed by atoms with E-state index in [1.54, 1.807) is 7.11 Å². The standard InChI is InChI=1S/C17H25N3O2/c1-3-16(18-13-9-11-15(22-2)12-10-13)17(21)20-19-14-7-5-4-6-8-14/h9-12,16,18H,3-8H2,1-2H3,(H,20,21)/t16-/m0/s1. The number of benzene rings is 1. The van der Waals surface area contributed by atoms with Gasteiger partial charge in [0.05, 0.1) is 7.11 Å². The Kier molecular flexibility index (Phi) is 6.25. The van der Waals surface area contributed by atoms with E-state index in [4.69, 9.17) is 4.74 Å². The maximum absolute atomic E-state index is 12.2. The molecule has 1 saturated carbocycles. The van der Waals surface area contributed by atoms with E-state index in [9.17, 15) is 4.79 Å². The molecule has 0 spiro atoms. The molecule has 2 rings (SSSR count). The molecule has 1 atom stereocenters. The number of nitrogens with one attached hydrogen (secondary N) is 2. The molecule has 22 heavy (non-hydrogen) atoms. The van der Waals surface area contributed by atoms with Crippen molar-refractivity contribution in [3.8, 4) is 5.75 Å². The van der Waals surface area contributed by atoms with Crippen LogP contribution in [0.3, 0.4) is 0 Å². The van der Waals surface area contributed by atoms with Crippen molar-refractivity contribution in [1.82, 2.24) is 5.43 Å². The predicted molar refractivity (Wildman–Crippen MR) is 89.4 cm³/mol. The molecule has 1 amide bonds. The molecule has 0 aliphatic heterocycles. The van der Waals surface area contributed by atoms with Gasteiger partial charge in [-0.25, -0.2) is 5.43 Å². The SMILES string of the molecule is CC[C@H](Nc1ccc(OC)cc1)C(=O)NN=C1CCCCC1. The van der Waals surface area contributed by atoms with Crippen LogP contribution in [0.25, 0.3) is 0 Å². The van der Waals surface area contributed by atoms with Crippen molar-refractivity contribution in [2.24, 2.45) is 5.10 Å². The molecule has 1 aliphatic carbocycles. The largest absolute Gasteiger partial charge is 0.497 e. The van der Waals surface area contributed by atoms with Gasteiger partial charge >= 0.3 is 0 Å². The molecular formula is C17H25N3O2. The number of carbonyl (C=O) groups is 1. The monoisotopic (exact) mass is 303 g/mol. The summed E-state index contributed by atoms with van der Waals surface area (Å²) in [5.74, 6) is 0.711. The Morgan fingerprint density at radius 1 is 1.23 bits per heavy atom. The minimum absolute atomic E-state index is 0.0867. The van der Waals surface area contributed by atoms with Crippen LogP contribution in [0.5, 0.6) is 5.75 Å². The normalized spacial score (nSPS) is 15.8. The molecule has 1 fully saturated rings. The second kappa shape index (κ2) is 8.41. The zero-order chi connectivity index (χ0) is 15.8. The number of rotatable bonds is 6. The number of ether oxygens (including phenoxy) is 1. The summed E-state index contributed by atoms with van der Waals surface area (Å²) in [6.45, 7) is 1.98. The summed E-state index contributed by atoms with van der Waals surface area (Å²) in [6.07, 6.45) is 6.32. The van der Waals surface area contributed by atoms with E-state index in [2.05, 4.69) is 15.8 Å². The van der Waals surface area contributed by atoms with Crippen LogP contribution in [-0.4, -0.2) is 24.8 Å². The summed E-state index contributed by atoms with van der Waals surface area (Å²) in [4.78, 5) is 12.2. The maximum atomic E-state index is 12.2. The molecule has 2 N–H and O–H groups in total. The zero-order valence-corrected chi connectivity index (χ0v) is 13.4. The van der Waals surface area contributed by atoms with Crippen LogP contribution in [-0.2, 0) is 4.79 Å². The summed E-state index contributed by atoms with van der Waals surface area (Å²) >= 11 is 0. The fraction of sp³-hybridized carbons (Fsp3) is 0.529. The molecular weight excluding hydrogens is 278 g/mol. The van der Waals surface area contributed by atoms with Crippen LogP contribution in [0, 0.1) is 0 Å². The van der Waals surface area contributed by atoms with Crippen molar-refractivity contribution < 1.29 is 9.53 Å². The summed E-state index contributed by atoms with van der Waals surface area (Å²) in [5.41, 5.74) is 4.71. The molecule has 1 aromatic rings. The summed E-state index contributed by atoms with van der Waals surface area (Å²) in [5, 5.41) is 7.51. The summed E-state index contributed by atoms with van der Waals surface area (Å²) in [6, 6.07) is 7.26. The van der Waals surface area contributed by atoms with Crippen molar-refractivity contribution in [2.75, 3.05) is 12.4 Å². The van der Waals surface area contributed by atoms with Gasteiger partial charge in [-0.2, -0.15) is 5.10 Å². The van der Waals surface area contributed by atoms with Gasteiger partial charge in [-0.15, -0.1) is 0 Å². The summed E-state index contributed by atoms with van der Waals surface area (Å²) < 4.78 is 5.13. The van der Waals surface area contributed by atoms with Crippen LogP contribution in [0.1, 0.15) is 45.4 Å². The van der Waals surface area contributed by atoms with Crippen LogP contribution in [0.4, 0.5) is 5.69 Å². The van der Waals surface area contributed by atoms with Gasteiger partial charge < -0.3 is 10.1 Å². The highest BCUT2D eigenvalue weighted by atomic mass is 16.5. The van der Waals surface area contributed by atoms with Crippen molar-refractivity contribution in [3.05, 3.63) is 24.3 Å². The van der Waals surface area contributed by atoms with Gasteiger partial charge in [0.1, 0.15) is 11.8 Å². The van der Waals surface area contributed by atoms with Crippen molar-refractivity contribution in [1.29, 1.82) is 0 Å². The number of carbonyl (C=O) groups excluding carboxylic acids is 1. The molecule has 1 aromatic carbocycles. The first-order valence-corrected chi connectivity index (χ1v) is 7.98. The van der Waals surface area contributed by atoms with Gasteiger partial charge in [-0.05, 0) is 56.4 Å². The molecule has 0 unspecified atom stereocenters. The van der Waals surface area contributed by atoms with Crippen molar-refractivity contribution >= 4 is 17.3 Å². The Balaban J connectivity index is 1.90. The van der Waals surface area contributed by atoms with E-state index in [1.807, 2.05) is 31.2 Å². The molecule has 0 saturated heterocycles. The highest BCUT2D eigenvalue weighted by molar-refractivity contribution is 5.89. The molecule has 0 bridgehead atoms. The minimum atomic E-state index is -0.290. The van der Waals surface area contributed by atoms with E-state index in [1.165, 1.54) is 19.3 Å². The number of methoxy groups -OCH3 is 1. The van der Waals surface area contributed by atoms with Gasteiger partial charge in [0.2, 0.25) is 0 Å². The topological polar surface area (TPSA) is 62.7 Å². The number of hydrogen-bond acceptors (Lipinski definition) is 4. The van der Waals surface area contributed by atoms with Gasteiger partial charge in [-0.1, -0.05) is 13.3 Å². The van der Waals surface area contributed by atoms with E-state index in [0.717, 1.165) is 30.0 Å². The average molecular weight is 303 g/mol. The van der Waals surface area contributed by atoms with Crippen LogP contribution >= 0.6 is 0 Å². The lowest BCUT2D eigenvalue weighted by Gasteiger charge is -2.18. The van der Waals surface area contributed by atoms with Gasteiger partial charge in [0.15, 0.2) is 0 Å². The van der Waals surface area contributed by atoms with Crippen molar-refractivity contribution in [3.63, 3.8) is 0 Å². The quantitative estimate of drug-likeness (QED) is 0.792. The number of nitrogens with zero attached hydrogens (tertiary/aromatic N) is 1. The maximum Gasteiger partial charge on any atom is 0.262 e. The molecule has 5 heteroatoms. The molecule has 120 valence electrons. The third-order valence-electron chi connectivity index (χ3n) is 3.91. The molecule has 0 heterocycles. The Morgan fingerprint density at radius 3 is 2.50 bits per heavy atom. The second-order valence-electron chi connectivity index (χ2n) is 5.55. The lowest BCUT2D eigenvalue weighted by Crippen LogP contribution is -2.37. The fourth-order valence-electron chi connectivity index (χ4n) is 2.53. The Bertz CT molecular complexity index is 503. The third kappa shape index (κ3) is 4.76. The van der Waals surface area contributed by atoms with E-state index >= 15 is 0 Å². The van der Waals surface area contributed by atoms with Crippen molar-refractivity contribution in [2.45, 2.75) is 51.5 Å². The highest BCUT2D eigenvalue weighted by Crippen LogP contribution is 2.17. The first kappa shape index (κ1) is 16.3. The van der Waals surface area contributed by atoms with E-state index < -0.39 is 0 Å². The number of anilines is 1. The minimum Gasteiger partial charge on any atom is -0.497 e. The Labute approximate surface area is 132 Å². The smallest absolute Gasteiger partial charge is 0.262 e. The average Bonchev–Trinajstić information content (AvgIpc) is 2.59. The predicted octanol–water partition coefficient (Wildman–Crippen LogP) is 3.32. The number of hydrogen-bond donors (Lipinski definition) is 2. The summed E-state index contributed by atoms with van der Waals surface area (Å²) in [7, 11) is 1.63. The van der Waals surface area contributed by atoms with Gasteiger partial charge in [-0.3, -0.25) is 4.79 Å². The lowest BCUT2D eigenvalue weighted by molar-refractivity contribution is -0.121. The third-order valence-corrected chi connectivity index (χ3v) is 3.91. The number of amides is 1. The van der Waals surface area contributed by atoms with Crippen LogP contribution < -0.4 is 15.5 Å². The molecule has 5 nitrogen and oxygen atoms in total. The van der Waals surface area contributed by atoms with Gasteiger partial charge in [0.25, 0.3) is 5.91 Å². The fourth-order valence-corrected chi connectivity index (χ4v) is 2.53. The first-order valence-electron chi connectivity index (χ1n) is 7.98. The molecule has 0 aromatic heterocycles. The van der Waals surface area contributed by atoms with Crippen LogP contribution in [0.15, 0.2) is 29.4 Å². The lowest BCUT2D eigenvalue weighted by atomic mass is 9.99. The molecule has 1 aliphatic rings. The highest BCUT2D eigenvalue weighted by Gasteiger charge is 2.16. The Hall–Kier alpha value is -2.04.